The molecule has 0 saturated heterocycles. The molecule has 0 spiro atoms. The standard InChI is InChI=1S/C10H14N4S/c1-7-3-5-8(6-4-7)14(10(12)15)9(11)13-2/h3-6H,1-2H3,(H2,11,13)(H2,12,15). The van der Waals surface area contributed by atoms with Gasteiger partial charge in [-0.05, 0) is 31.3 Å². The number of hydrogen-bond donors (Lipinski definition) is 2. The molecular weight excluding hydrogens is 208 g/mol. The summed E-state index contributed by atoms with van der Waals surface area (Å²) < 4.78 is 0. The van der Waals surface area contributed by atoms with E-state index >= 15 is 0 Å². The lowest BCUT2D eigenvalue weighted by Crippen LogP contribution is -2.45. The van der Waals surface area contributed by atoms with Crippen LogP contribution in [0.1, 0.15) is 5.56 Å². The molecule has 0 fully saturated rings. The average Bonchev–Trinajstić information content (AvgIpc) is 2.20. The fraction of sp³-hybridized carbons (Fsp3) is 0.200. The van der Waals surface area contributed by atoms with Crippen LogP contribution in [-0.2, 0) is 0 Å². The van der Waals surface area contributed by atoms with Crippen molar-refractivity contribution in [2.75, 3.05) is 11.9 Å². The number of thiocarbonyl (C=S) groups is 1. The summed E-state index contributed by atoms with van der Waals surface area (Å²) in [5.74, 6) is 0.284. The van der Waals surface area contributed by atoms with Gasteiger partial charge in [0, 0.05) is 7.05 Å². The average molecular weight is 222 g/mol. The molecule has 80 valence electrons. The molecule has 1 aromatic carbocycles. The van der Waals surface area contributed by atoms with Crippen LogP contribution < -0.4 is 16.4 Å². The summed E-state index contributed by atoms with van der Waals surface area (Å²) in [6.07, 6.45) is 0. The van der Waals surface area contributed by atoms with Crippen molar-refractivity contribution in [3.05, 3.63) is 29.8 Å². The summed E-state index contributed by atoms with van der Waals surface area (Å²) >= 11 is 4.92. The zero-order valence-corrected chi connectivity index (χ0v) is 9.58. The van der Waals surface area contributed by atoms with Crippen LogP contribution in [-0.4, -0.2) is 18.1 Å². The Morgan fingerprint density at radius 3 is 2.20 bits per heavy atom. The number of benzene rings is 1. The van der Waals surface area contributed by atoms with Gasteiger partial charge in [-0.3, -0.25) is 9.89 Å². The molecule has 0 aromatic heterocycles. The van der Waals surface area contributed by atoms with Gasteiger partial charge in [0.1, 0.15) is 0 Å². The van der Waals surface area contributed by atoms with Gasteiger partial charge < -0.3 is 11.5 Å². The molecule has 5 heteroatoms. The van der Waals surface area contributed by atoms with E-state index < -0.39 is 0 Å². The predicted molar refractivity (Wildman–Crippen MR) is 68.0 cm³/mol. The zero-order chi connectivity index (χ0) is 11.4. The van der Waals surface area contributed by atoms with Gasteiger partial charge >= 0.3 is 0 Å². The third-order valence-corrected chi connectivity index (χ3v) is 2.15. The molecule has 0 aliphatic rings. The highest BCUT2D eigenvalue weighted by Gasteiger charge is 2.12. The molecule has 0 aliphatic carbocycles. The maximum Gasteiger partial charge on any atom is 0.202 e. The smallest absolute Gasteiger partial charge is 0.202 e. The highest BCUT2D eigenvalue weighted by atomic mass is 32.1. The van der Waals surface area contributed by atoms with Crippen LogP contribution in [0.5, 0.6) is 0 Å². The van der Waals surface area contributed by atoms with Crippen molar-refractivity contribution in [1.82, 2.24) is 0 Å². The van der Waals surface area contributed by atoms with E-state index in [9.17, 15) is 0 Å². The van der Waals surface area contributed by atoms with Crippen LogP contribution >= 0.6 is 12.2 Å². The molecule has 0 atom stereocenters. The van der Waals surface area contributed by atoms with Crippen LogP contribution in [0, 0.1) is 6.92 Å². The second kappa shape index (κ2) is 4.75. The quantitative estimate of drug-likeness (QED) is 0.422. The third-order valence-electron chi connectivity index (χ3n) is 1.97. The minimum atomic E-state index is 0.182. The molecule has 0 saturated carbocycles. The second-order valence-electron chi connectivity index (χ2n) is 3.09. The summed E-state index contributed by atoms with van der Waals surface area (Å²) in [7, 11) is 1.59. The van der Waals surface area contributed by atoms with E-state index in [-0.39, 0.29) is 11.1 Å². The van der Waals surface area contributed by atoms with Crippen molar-refractivity contribution in [3.8, 4) is 0 Å². The monoisotopic (exact) mass is 222 g/mol. The third kappa shape index (κ3) is 2.66. The maximum atomic E-state index is 5.70. The van der Waals surface area contributed by atoms with Crippen LogP contribution in [0.4, 0.5) is 5.69 Å². The van der Waals surface area contributed by atoms with E-state index in [1.165, 1.54) is 4.90 Å². The number of nitrogens with two attached hydrogens (primary N) is 2. The Bertz CT molecular complexity index is 383. The molecule has 0 unspecified atom stereocenters. The molecule has 1 rings (SSSR count). The number of anilines is 1. The molecule has 4 nitrogen and oxygen atoms in total. The van der Waals surface area contributed by atoms with Gasteiger partial charge in [-0.1, -0.05) is 17.7 Å². The fourth-order valence-corrected chi connectivity index (χ4v) is 1.37. The summed E-state index contributed by atoms with van der Waals surface area (Å²) in [6, 6.07) is 7.71. The predicted octanol–water partition coefficient (Wildman–Crippen LogP) is 0.990. The molecule has 1 aromatic rings. The Kier molecular flexibility index (Phi) is 3.62. The summed E-state index contributed by atoms with van der Waals surface area (Å²) in [4.78, 5) is 5.38. The number of rotatable bonds is 1. The first-order chi connectivity index (χ1) is 7.06. The Balaban J connectivity index is 3.10. The lowest BCUT2D eigenvalue weighted by molar-refractivity contribution is 1.29. The van der Waals surface area contributed by atoms with Crippen LogP contribution in [0.3, 0.4) is 0 Å². The Labute approximate surface area is 94.6 Å². The van der Waals surface area contributed by atoms with E-state index in [1.807, 2.05) is 31.2 Å². The Morgan fingerprint density at radius 2 is 1.80 bits per heavy atom. The van der Waals surface area contributed by atoms with E-state index in [0.29, 0.717) is 0 Å². The number of hydrogen-bond acceptors (Lipinski definition) is 2. The normalized spacial score (nSPS) is 11.2. The topological polar surface area (TPSA) is 67.6 Å². The maximum absolute atomic E-state index is 5.70. The van der Waals surface area contributed by atoms with Crippen molar-refractivity contribution in [3.63, 3.8) is 0 Å². The number of aliphatic imine (C=N–C) groups is 1. The molecular formula is C10H14N4S. The van der Waals surface area contributed by atoms with Crippen molar-refractivity contribution in [2.45, 2.75) is 6.92 Å². The van der Waals surface area contributed by atoms with E-state index in [4.69, 9.17) is 23.7 Å². The molecule has 0 heterocycles. The number of aryl methyl sites for hydroxylation is 1. The molecule has 0 bridgehead atoms. The van der Waals surface area contributed by atoms with E-state index in [2.05, 4.69) is 4.99 Å². The molecule has 0 aliphatic heterocycles. The minimum Gasteiger partial charge on any atom is -0.376 e. The van der Waals surface area contributed by atoms with Crippen molar-refractivity contribution >= 4 is 29.0 Å². The van der Waals surface area contributed by atoms with Crippen LogP contribution in [0.15, 0.2) is 29.3 Å². The molecule has 0 amide bonds. The SMILES string of the molecule is CN=C(N)N(C(N)=S)c1ccc(C)cc1. The van der Waals surface area contributed by atoms with Crippen LogP contribution in [0.25, 0.3) is 0 Å². The second-order valence-corrected chi connectivity index (χ2v) is 3.51. The first kappa shape index (κ1) is 11.5. The number of guanidine groups is 1. The lowest BCUT2D eigenvalue weighted by atomic mass is 10.2. The summed E-state index contributed by atoms with van der Waals surface area (Å²) in [5, 5.41) is 0.182. The van der Waals surface area contributed by atoms with Crippen molar-refractivity contribution in [1.29, 1.82) is 0 Å². The Morgan fingerprint density at radius 1 is 1.27 bits per heavy atom. The molecule has 15 heavy (non-hydrogen) atoms. The highest BCUT2D eigenvalue weighted by molar-refractivity contribution is 7.80. The van der Waals surface area contributed by atoms with E-state index in [1.54, 1.807) is 7.05 Å². The van der Waals surface area contributed by atoms with Gasteiger partial charge in [-0.2, -0.15) is 0 Å². The number of nitrogens with zero attached hydrogens (tertiary/aromatic N) is 2. The van der Waals surface area contributed by atoms with E-state index in [0.717, 1.165) is 11.3 Å². The fourth-order valence-electron chi connectivity index (χ4n) is 1.17. The summed E-state index contributed by atoms with van der Waals surface area (Å²) in [5.41, 5.74) is 13.3. The minimum absolute atomic E-state index is 0.182. The Hall–Kier alpha value is -1.62. The van der Waals surface area contributed by atoms with Crippen molar-refractivity contribution in [2.24, 2.45) is 16.5 Å². The van der Waals surface area contributed by atoms with Gasteiger partial charge in [-0.15, -0.1) is 0 Å². The first-order valence-electron chi connectivity index (χ1n) is 4.44. The van der Waals surface area contributed by atoms with Crippen LogP contribution in [0.2, 0.25) is 0 Å². The van der Waals surface area contributed by atoms with Crippen molar-refractivity contribution < 1.29 is 0 Å². The lowest BCUT2D eigenvalue weighted by Gasteiger charge is -2.21. The molecule has 4 N–H and O–H groups in total. The highest BCUT2D eigenvalue weighted by Crippen LogP contribution is 2.14. The zero-order valence-electron chi connectivity index (χ0n) is 8.77. The van der Waals surface area contributed by atoms with Gasteiger partial charge in [0.2, 0.25) is 5.96 Å². The largest absolute Gasteiger partial charge is 0.376 e. The van der Waals surface area contributed by atoms with Gasteiger partial charge in [0.25, 0.3) is 0 Å². The first-order valence-corrected chi connectivity index (χ1v) is 4.85. The summed E-state index contributed by atoms with van der Waals surface area (Å²) in [6.45, 7) is 2.01. The molecule has 0 radical (unpaired) electrons. The van der Waals surface area contributed by atoms with Gasteiger partial charge in [0.15, 0.2) is 5.11 Å². The van der Waals surface area contributed by atoms with Gasteiger partial charge in [-0.25, -0.2) is 0 Å². The van der Waals surface area contributed by atoms with Gasteiger partial charge in [0.05, 0.1) is 5.69 Å².